The van der Waals surface area contributed by atoms with E-state index in [0.29, 0.717) is 34.4 Å². The van der Waals surface area contributed by atoms with Gasteiger partial charge in [-0.15, -0.1) is 10.2 Å². The summed E-state index contributed by atoms with van der Waals surface area (Å²) in [6.45, 7) is 7.56. The third-order valence-electron chi connectivity index (χ3n) is 8.39. The number of nitrogens with one attached hydrogen (secondary N) is 2. The quantitative estimate of drug-likeness (QED) is 0.125. The molecule has 0 aliphatic rings. The monoisotopic (exact) mass is 694 g/mol. The van der Waals surface area contributed by atoms with E-state index in [2.05, 4.69) is 58.6 Å². The summed E-state index contributed by atoms with van der Waals surface area (Å²) >= 11 is 8.00. The molecule has 6 rings (SSSR count). The molecule has 6 aromatic rings. The van der Waals surface area contributed by atoms with E-state index in [1.54, 1.807) is 23.9 Å². The molecule has 0 aliphatic carbocycles. The van der Waals surface area contributed by atoms with Crippen LogP contribution in [-0.4, -0.2) is 54.5 Å². The summed E-state index contributed by atoms with van der Waals surface area (Å²) in [6.07, 6.45) is 2.84. The highest BCUT2D eigenvalue weighted by Crippen LogP contribution is 2.34. The lowest BCUT2D eigenvalue weighted by atomic mass is 9.87. The number of urea groups is 1. The van der Waals surface area contributed by atoms with Gasteiger partial charge in [-0.05, 0) is 80.2 Å². The molecule has 0 bridgehead atoms. The zero-order valence-electron chi connectivity index (χ0n) is 28.1. The first kappa shape index (κ1) is 34.0. The molecule has 0 aliphatic heterocycles. The minimum absolute atomic E-state index is 0.0936. The predicted octanol–water partition coefficient (Wildman–Crippen LogP) is 8.16. The number of carbonyl (C=O) groups excluding carboxylic acids is 1. The summed E-state index contributed by atoms with van der Waals surface area (Å²) in [4.78, 5) is 17.4. The lowest BCUT2D eigenvalue weighted by Gasteiger charge is -2.19. The van der Waals surface area contributed by atoms with E-state index < -0.39 is 0 Å². The van der Waals surface area contributed by atoms with Crippen LogP contribution in [0, 0.1) is 0 Å². The van der Waals surface area contributed by atoms with Crippen LogP contribution < -0.4 is 10.6 Å². The van der Waals surface area contributed by atoms with Gasteiger partial charge in [-0.1, -0.05) is 74.5 Å². The molecule has 2 amide bonds. The van der Waals surface area contributed by atoms with Crippen molar-refractivity contribution < 1.29 is 9.90 Å². The van der Waals surface area contributed by atoms with Crippen LogP contribution in [0.4, 0.5) is 10.6 Å². The molecule has 0 spiro atoms. The fourth-order valence-corrected chi connectivity index (χ4v) is 6.51. The highest BCUT2D eigenvalue weighted by molar-refractivity contribution is 7.99. The predicted molar refractivity (Wildman–Crippen MR) is 196 cm³/mol. The van der Waals surface area contributed by atoms with Crippen molar-refractivity contribution in [3.63, 3.8) is 0 Å². The van der Waals surface area contributed by atoms with Gasteiger partial charge in [0, 0.05) is 46.1 Å². The van der Waals surface area contributed by atoms with E-state index in [1.165, 1.54) is 6.07 Å². The summed E-state index contributed by atoms with van der Waals surface area (Å²) in [7, 11) is 4.08. The summed E-state index contributed by atoms with van der Waals surface area (Å²) in [5.74, 6) is 1.22. The maximum atomic E-state index is 13.4. The standard InChI is InChI=1S/C37H39ClN8O2S/c1-6-37(2,3)32-20-34(46(43-32)26-12-9-10-24(18-26)22-44(4)5)40-36(48)39-21-25-11-7-8-13-31(25)49-28-15-17-33-41-42-35(45(33)23-28)29-19-27(47)14-16-30(29)38/h7-20,23,47H,6,21-22H2,1-5H3,(H2,39,40,48). The first-order valence-corrected chi connectivity index (χ1v) is 17.2. The summed E-state index contributed by atoms with van der Waals surface area (Å²) in [5.41, 5.74) is 4.97. The van der Waals surface area contributed by atoms with Gasteiger partial charge in [0.05, 0.1) is 16.4 Å². The Bertz CT molecular complexity index is 2120. The van der Waals surface area contributed by atoms with E-state index in [9.17, 15) is 9.90 Å². The normalized spacial score (nSPS) is 11.7. The zero-order valence-corrected chi connectivity index (χ0v) is 29.7. The fraction of sp³-hybridized carbons (Fsp3) is 0.243. The van der Waals surface area contributed by atoms with Crippen molar-refractivity contribution in [1.82, 2.24) is 34.6 Å². The average molecular weight is 695 g/mol. The number of anilines is 1. The second-order valence-electron chi connectivity index (χ2n) is 12.8. The lowest BCUT2D eigenvalue weighted by molar-refractivity contribution is 0.251. The van der Waals surface area contributed by atoms with E-state index in [4.69, 9.17) is 16.7 Å². The van der Waals surface area contributed by atoms with Gasteiger partial charge >= 0.3 is 6.03 Å². The molecule has 10 nitrogen and oxygen atoms in total. The largest absolute Gasteiger partial charge is 0.508 e. The molecule has 252 valence electrons. The van der Waals surface area contributed by atoms with E-state index in [-0.39, 0.29) is 17.2 Å². The van der Waals surface area contributed by atoms with Gasteiger partial charge in [-0.3, -0.25) is 9.72 Å². The molecule has 0 radical (unpaired) electrons. The third-order valence-corrected chi connectivity index (χ3v) is 9.81. The number of hydrogen-bond donors (Lipinski definition) is 3. The van der Waals surface area contributed by atoms with Gasteiger partial charge in [0.25, 0.3) is 0 Å². The van der Waals surface area contributed by atoms with Gasteiger partial charge in [-0.2, -0.15) is 5.10 Å². The van der Waals surface area contributed by atoms with Crippen molar-refractivity contribution in [2.75, 3.05) is 19.4 Å². The van der Waals surface area contributed by atoms with Crippen LogP contribution in [0.15, 0.2) is 101 Å². The second-order valence-corrected chi connectivity index (χ2v) is 14.3. The Kier molecular flexibility index (Phi) is 9.96. The summed E-state index contributed by atoms with van der Waals surface area (Å²) in [5, 5.41) is 30.2. The van der Waals surface area contributed by atoms with Crippen LogP contribution in [0.5, 0.6) is 5.75 Å². The van der Waals surface area contributed by atoms with Crippen molar-refractivity contribution in [3.8, 4) is 22.8 Å². The van der Waals surface area contributed by atoms with Gasteiger partial charge in [0.15, 0.2) is 11.5 Å². The van der Waals surface area contributed by atoms with Gasteiger partial charge < -0.3 is 15.3 Å². The molecule has 49 heavy (non-hydrogen) atoms. The van der Waals surface area contributed by atoms with Crippen molar-refractivity contribution in [1.29, 1.82) is 0 Å². The average Bonchev–Trinajstić information content (AvgIpc) is 3.70. The fourth-order valence-electron chi connectivity index (χ4n) is 5.34. The topological polar surface area (TPSA) is 113 Å². The number of phenolic OH excluding ortho intramolecular Hbond substituents is 1. The minimum atomic E-state index is -0.329. The summed E-state index contributed by atoms with van der Waals surface area (Å²) in [6, 6.07) is 26.4. The van der Waals surface area contributed by atoms with Crippen LogP contribution in [0.2, 0.25) is 5.02 Å². The van der Waals surface area contributed by atoms with Crippen molar-refractivity contribution in [2.45, 2.75) is 55.5 Å². The number of pyridine rings is 1. The van der Waals surface area contributed by atoms with Crippen LogP contribution in [0.3, 0.4) is 0 Å². The number of nitrogens with zero attached hydrogens (tertiary/aromatic N) is 6. The molecular formula is C37H39ClN8O2S. The molecule has 0 atom stereocenters. The van der Waals surface area contributed by atoms with E-state index >= 15 is 0 Å². The van der Waals surface area contributed by atoms with Crippen molar-refractivity contribution in [3.05, 3.63) is 113 Å². The third kappa shape index (κ3) is 7.75. The number of carbonyl (C=O) groups is 1. The van der Waals surface area contributed by atoms with Crippen LogP contribution in [0.25, 0.3) is 22.7 Å². The lowest BCUT2D eigenvalue weighted by Crippen LogP contribution is -2.29. The molecule has 3 aromatic carbocycles. The SMILES string of the molecule is CCC(C)(C)c1cc(NC(=O)NCc2ccccc2Sc2ccc3nnc(-c4cc(O)ccc4Cl)n3c2)n(-c2cccc(CN(C)C)c2)n1. The molecule has 3 aromatic heterocycles. The van der Waals surface area contributed by atoms with Crippen LogP contribution in [-0.2, 0) is 18.5 Å². The Balaban J connectivity index is 1.20. The number of benzene rings is 3. The first-order valence-electron chi connectivity index (χ1n) is 16.0. The number of aromatic hydroxyl groups is 1. The molecule has 0 saturated heterocycles. The van der Waals surface area contributed by atoms with Gasteiger partial charge in [-0.25, -0.2) is 9.48 Å². The van der Waals surface area contributed by atoms with Gasteiger partial charge in [0.2, 0.25) is 0 Å². The molecule has 0 fully saturated rings. The number of fused-ring (bicyclic) bond motifs is 1. The smallest absolute Gasteiger partial charge is 0.320 e. The Labute approximate surface area is 295 Å². The molecule has 0 unspecified atom stereocenters. The Hall–Kier alpha value is -4.84. The number of halogens is 1. The number of amides is 2. The number of rotatable bonds is 11. The number of aromatic nitrogens is 5. The summed E-state index contributed by atoms with van der Waals surface area (Å²) < 4.78 is 3.67. The highest BCUT2D eigenvalue weighted by atomic mass is 35.5. The molecule has 3 N–H and O–H groups in total. The van der Waals surface area contributed by atoms with Gasteiger partial charge in [0.1, 0.15) is 11.6 Å². The van der Waals surface area contributed by atoms with Crippen molar-refractivity contribution in [2.24, 2.45) is 0 Å². The molecular weight excluding hydrogens is 656 g/mol. The number of phenols is 1. The first-order chi connectivity index (χ1) is 23.5. The Morgan fingerprint density at radius 3 is 2.61 bits per heavy atom. The second kappa shape index (κ2) is 14.3. The minimum Gasteiger partial charge on any atom is -0.508 e. The van der Waals surface area contributed by atoms with E-state index in [1.807, 2.05) is 84.0 Å². The Morgan fingerprint density at radius 2 is 1.82 bits per heavy atom. The molecule has 0 saturated carbocycles. The Morgan fingerprint density at radius 1 is 1.00 bits per heavy atom. The molecule has 12 heteroatoms. The van der Waals surface area contributed by atoms with Crippen molar-refractivity contribution >= 4 is 40.9 Å². The van der Waals surface area contributed by atoms with Crippen LogP contribution >= 0.6 is 23.4 Å². The highest BCUT2D eigenvalue weighted by Gasteiger charge is 2.25. The van der Waals surface area contributed by atoms with E-state index in [0.717, 1.165) is 45.3 Å². The zero-order chi connectivity index (χ0) is 34.7. The van der Waals surface area contributed by atoms with Crippen LogP contribution in [0.1, 0.15) is 44.0 Å². The maximum absolute atomic E-state index is 13.4. The molecule has 3 heterocycles. The number of hydrogen-bond acceptors (Lipinski definition) is 7. The maximum Gasteiger partial charge on any atom is 0.320 e.